The Labute approximate surface area is 230 Å². The number of nitrogens with one attached hydrogen (secondary N) is 2. The van der Waals surface area contributed by atoms with Gasteiger partial charge in [-0.25, -0.2) is 14.6 Å². The fourth-order valence-corrected chi connectivity index (χ4v) is 3.33. The first-order chi connectivity index (χ1) is 19.4. The van der Waals surface area contributed by atoms with Crippen molar-refractivity contribution in [2.24, 2.45) is 11.6 Å². The third-order valence-corrected chi connectivity index (χ3v) is 5.25. The quantitative estimate of drug-likeness (QED) is 0.101. The van der Waals surface area contributed by atoms with E-state index in [0.29, 0.717) is 5.56 Å². The van der Waals surface area contributed by atoms with Crippen molar-refractivity contribution >= 4 is 11.8 Å². The highest BCUT2D eigenvalue weighted by molar-refractivity contribution is 5.92. The Bertz CT molecular complexity index is 1370. The van der Waals surface area contributed by atoms with Crippen molar-refractivity contribution in [3.05, 3.63) is 83.5 Å². The number of aromatic nitrogens is 4. The summed E-state index contributed by atoms with van der Waals surface area (Å²) < 4.78 is 70.2. The molecule has 0 spiro atoms. The molecule has 0 radical (unpaired) electrons. The molecule has 2 aromatic heterocycles. The van der Waals surface area contributed by atoms with E-state index in [-0.39, 0.29) is 49.7 Å². The van der Waals surface area contributed by atoms with Crippen molar-refractivity contribution < 1.29 is 36.3 Å². The van der Waals surface area contributed by atoms with Gasteiger partial charge in [0.05, 0.1) is 25.0 Å². The highest BCUT2D eigenvalue weighted by atomic mass is 19.4. The molecule has 12 nitrogen and oxygen atoms in total. The Morgan fingerprint density at radius 2 is 1.95 bits per heavy atom. The lowest BCUT2D eigenvalue weighted by molar-refractivity contribution is -0.274. The van der Waals surface area contributed by atoms with Crippen LogP contribution in [0.5, 0.6) is 5.75 Å². The van der Waals surface area contributed by atoms with E-state index in [4.69, 9.17) is 11.6 Å². The lowest BCUT2D eigenvalue weighted by Gasteiger charge is -2.17. The largest absolute Gasteiger partial charge is 0.573 e. The molecule has 2 heterocycles. The third kappa shape index (κ3) is 10.4. The highest BCUT2D eigenvalue weighted by Crippen LogP contribution is 2.23. The van der Waals surface area contributed by atoms with Crippen LogP contribution in [0.3, 0.4) is 0 Å². The van der Waals surface area contributed by atoms with E-state index in [1.165, 1.54) is 41.3 Å². The van der Waals surface area contributed by atoms with Gasteiger partial charge in [0, 0.05) is 31.9 Å². The molecule has 1 atom stereocenters. The zero-order valence-corrected chi connectivity index (χ0v) is 21.3. The number of benzene rings is 1. The number of pyridine rings is 1. The summed E-state index contributed by atoms with van der Waals surface area (Å²) in [5.74, 6) is 3.29. The summed E-state index contributed by atoms with van der Waals surface area (Å²) in [5.41, 5.74) is 5.62. The van der Waals surface area contributed by atoms with Gasteiger partial charge in [0.1, 0.15) is 23.4 Å². The number of hydrogen-bond donors (Lipinski definition) is 4. The zero-order chi connectivity index (χ0) is 30.0. The topological polar surface area (TPSA) is 166 Å². The molecule has 17 heteroatoms. The molecule has 220 valence electrons. The zero-order valence-electron chi connectivity index (χ0n) is 21.3. The molecule has 0 aliphatic rings. The van der Waals surface area contributed by atoms with Gasteiger partial charge >= 0.3 is 6.36 Å². The average Bonchev–Trinajstić information content (AvgIpc) is 3.38. The van der Waals surface area contributed by atoms with Crippen LogP contribution in [0.4, 0.5) is 22.0 Å². The molecule has 0 bridgehead atoms. The molecule has 2 amide bonds. The van der Waals surface area contributed by atoms with Crippen molar-refractivity contribution in [3.8, 4) is 5.75 Å². The van der Waals surface area contributed by atoms with Crippen LogP contribution in [0.2, 0.25) is 0 Å². The average molecular weight is 584 g/mol. The van der Waals surface area contributed by atoms with Crippen LogP contribution in [-0.2, 0) is 24.4 Å². The van der Waals surface area contributed by atoms with Crippen molar-refractivity contribution in [2.75, 3.05) is 6.54 Å². The van der Waals surface area contributed by atoms with Gasteiger partial charge in [0.2, 0.25) is 0 Å². The number of ether oxygens (including phenoxy) is 1. The summed E-state index contributed by atoms with van der Waals surface area (Å²) in [6.45, 7) is -0.615. The normalized spacial score (nSPS) is 12.5. The maximum atomic E-state index is 14.5. The van der Waals surface area contributed by atoms with Crippen LogP contribution in [-0.4, -0.2) is 55.9 Å². The number of hydrazine groups is 1. The van der Waals surface area contributed by atoms with E-state index >= 15 is 0 Å². The van der Waals surface area contributed by atoms with Gasteiger partial charge in [-0.1, -0.05) is 17.3 Å². The van der Waals surface area contributed by atoms with Gasteiger partial charge < -0.3 is 26.1 Å². The van der Waals surface area contributed by atoms with E-state index in [9.17, 15) is 31.5 Å². The molecule has 0 saturated heterocycles. The highest BCUT2D eigenvalue weighted by Gasteiger charge is 2.31. The Hall–Kier alpha value is -4.80. The number of nitrogens with zero attached hydrogens (tertiary/aromatic N) is 5. The van der Waals surface area contributed by atoms with E-state index in [1.54, 1.807) is 0 Å². The lowest BCUT2D eigenvalue weighted by atomic mass is 10.2. The molecule has 1 aromatic carbocycles. The number of carbonyl (C=O) groups excluding carboxylic acids is 2. The smallest absolute Gasteiger partial charge is 0.406 e. The first kappa shape index (κ1) is 30.7. The van der Waals surface area contributed by atoms with E-state index in [2.05, 4.69) is 30.7 Å². The molecule has 3 aromatic rings. The van der Waals surface area contributed by atoms with Gasteiger partial charge in [-0.05, 0) is 29.8 Å². The number of aryl methyl sites for hydroxylation is 1. The van der Waals surface area contributed by atoms with Crippen LogP contribution >= 0.6 is 0 Å². The van der Waals surface area contributed by atoms with E-state index in [1.807, 2.05) is 0 Å². The van der Waals surface area contributed by atoms with Crippen LogP contribution in [0.15, 0.2) is 60.7 Å². The molecular formula is C24H26F5N9O3. The van der Waals surface area contributed by atoms with Gasteiger partial charge in [0.15, 0.2) is 5.69 Å². The molecule has 0 fully saturated rings. The van der Waals surface area contributed by atoms with Gasteiger partial charge in [-0.2, -0.15) is 0 Å². The number of rotatable bonds is 13. The number of carbonyl (C=O) groups is 2. The monoisotopic (exact) mass is 583 g/mol. The minimum atomic E-state index is -4.84. The minimum Gasteiger partial charge on any atom is -0.406 e. The van der Waals surface area contributed by atoms with Crippen LogP contribution in [0.1, 0.15) is 28.2 Å². The number of alkyl halides is 4. The molecule has 6 N–H and O–H groups in total. The first-order valence-electron chi connectivity index (χ1n) is 11.9. The fourth-order valence-electron chi connectivity index (χ4n) is 3.33. The van der Waals surface area contributed by atoms with Crippen molar-refractivity contribution in [3.63, 3.8) is 0 Å². The van der Waals surface area contributed by atoms with Crippen LogP contribution in [0.25, 0.3) is 0 Å². The number of halogens is 5. The first-order valence-corrected chi connectivity index (χ1v) is 11.9. The molecule has 0 aliphatic heterocycles. The Balaban J connectivity index is 1.41. The lowest BCUT2D eigenvalue weighted by Crippen LogP contribution is -2.36. The van der Waals surface area contributed by atoms with Crippen LogP contribution in [0, 0.1) is 5.82 Å². The van der Waals surface area contributed by atoms with Crippen molar-refractivity contribution in [2.45, 2.75) is 38.6 Å². The third-order valence-electron chi connectivity index (χ3n) is 5.25. The summed E-state index contributed by atoms with van der Waals surface area (Å²) >= 11 is 0. The molecule has 0 aliphatic carbocycles. The molecule has 3 rings (SSSR count). The predicted octanol–water partition coefficient (Wildman–Crippen LogP) is 1.66. The second kappa shape index (κ2) is 14.0. The molecular weight excluding hydrogens is 557 g/mol. The Kier molecular flexibility index (Phi) is 10.5. The molecule has 41 heavy (non-hydrogen) atoms. The second-order valence-electron chi connectivity index (χ2n) is 8.53. The SMILES string of the molecule is N/C(=C\N(N)CC(F)CCn1cc(C(=O)NCc2cccc(OC(F)(F)F)c2)nn1)C(=O)NCc1ncccc1F. The Morgan fingerprint density at radius 3 is 2.68 bits per heavy atom. The maximum absolute atomic E-state index is 14.5. The number of amides is 2. The van der Waals surface area contributed by atoms with Crippen molar-refractivity contribution in [1.29, 1.82) is 0 Å². The summed E-state index contributed by atoms with van der Waals surface area (Å²) in [7, 11) is 0. The van der Waals surface area contributed by atoms with Gasteiger partial charge in [-0.3, -0.25) is 19.3 Å². The standard InChI is InChI=1S/C24H26F5N9O3/c25-16(12-37(31)13-19(30)22(39)34-11-20-18(26)5-2-7-32-20)6-8-38-14-21(35-36-38)23(40)33-10-15-3-1-4-17(9-15)41-24(27,28)29/h1-5,7,9,13-14,16H,6,8,10-12,30-31H2,(H,33,40)(H,34,39)/b19-13-. The van der Waals surface area contributed by atoms with E-state index in [0.717, 1.165) is 23.3 Å². The second-order valence-corrected chi connectivity index (χ2v) is 8.53. The van der Waals surface area contributed by atoms with E-state index < -0.39 is 35.9 Å². The fraction of sp³-hybridized carbons (Fsp3) is 0.292. The van der Waals surface area contributed by atoms with Gasteiger partial charge in [-0.15, -0.1) is 18.3 Å². The molecule has 0 saturated carbocycles. The van der Waals surface area contributed by atoms with Gasteiger partial charge in [0.25, 0.3) is 11.8 Å². The summed E-state index contributed by atoms with van der Waals surface area (Å²) in [6, 6.07) is 7.70. The predicted molar refractivity (Wildman–Crippen MR) is 133 cm³/mol. The maximum Gasteiger partial charge on any atom is 0.573 e. The minimum absolute atomic E-state index is 0.0144. The number of nitrogens with two attached hydrogens (primary N) is 2. The Morgan fingerprint density at radius 1 is 1.17 bits per heavy atom. The number of hydrogen-bond acceptors (Lipinski definition) is 9. The summed E-state index contributed by atoms with van der Waals surface area (Å²) in [6.07, 6.45) is -2.74. The van der Waals surface area contributed by atoms with Crippen molar-refractivity contribution in [1.82, 2.24) is 35.6 Å². The summed E-state index contributed by atoms with van der Waals surface area (Å²) in [5, 5.41) is 13.2. The summed E-state index contributed by atoms with van der Waals surface area (Å²) in [4.78, 5) is 28.2. The molecule has 1 unspecified atom stereocenters. The van der Waals surface area contributed by atoms with Crippen LogP contribution < -0.4 is 26.9 Å².